The van der Waals surface area contributed by atoms with E-state index in [1.54, 1.807) is 11.3 Å². The molecule has 1 N–H and O–H groups in total. The zero-order valence-electron chi connectivity index (χ0n) is 13.1. The van der Waals surface area contributed by atoms with Crippen molar-refractivity contribution in [1.29, 1.82) is 0 Å². The Labute approximate surface area is 135 Å². The first kappa shape index (κ1) is 16.5. The fourth-order valence-electron chi connectivity index (χ4n) is 2.01. The van der Waals surface area contributed by atoms with Gasteiger partial charge in [0, 0.05) is 17.5 Å². The van der Waals surface area contributed by atoms with Crippen LogP contribution in [0.15, 0.2) is 29.6 Å². The van der Waals surface area contributed by atoms with Gasteiger partial charge in [-0.05, 0) is 25.3 Å². The average molecular weight is 318 g/mol. The van der Waals surface area contributed by atoms with Crippen LogP contribution in [-0.2, 0) is 11.2 Å². The van der Waals surface area contributed by atoms with Gasteiger partial charge in [-0.3, -0.25) is 0 Å². The largest absolute Gasteiger partial charge is 0.450 e. The molecule has 1 heterocycles. The summed E-state index contributed by atoms with van der Waals surface area (Å²) in [5.41, 5.74) is 3.33. The number of unbranched alkanes of at least 4 members (excludes halogenated alkanes) is 1. The Hall–Kier alpha value is -1.88. The second kappa shape index (κ2) is 8.54. The van der Waals surface area contributed by atoms with Crippen LogP contribution in [0.25, 0.3) is 11.3 Å². The van der Waals surface area contributed by atoms with Crippen molar-refractivity contribution in [2.75, 3.05) is 13.2 Å². The van der Waals surface area contributed by atoms with Crippen LogP contribution < -0.4 is 5.32 Å². The number of thiazole rings is 1. The monoisotopic (exact) mass is 318 g/mol. The van der Waals surface area contributed by atoms with Crippen LogP contribution in [0.1, 0.15) is 30.3 Å². The van der Waals surface area contributed by atoms with Crippen LogP contribution in [-0.4, -0.2) is 24.2 Å². The van der Waals surface area contributed by atoms with Gasteiger partial charge in [-0.2, -0.15) is 0 Å². The van der Waals surface area contributed by atoms with Gasteiger partial charge >= 0.3 is 6.09 Å². The number of aromatic nitrogens is 1. The van der Waals surface area contributed by atoms with Crippen LogP contribution in [0.2, 0.25) is 0 Å². The smallest absolute Gasteiger partial charge is 0.407 e. The minimum absolute atomic E-state index is 0.331. The van der Waals surface area contributed by atoms with E-state index in [9.17, 15) is 4.79 Å². The molecule has 5 heteroatoms. The Kier molecular flexibility index (Phi) is 6.40. The van der Waals surface area contributed by atoms with Crippen LogP contribution >= 0.6 is 11.3 Å². The number of nitrogens with one attached hydrogen (secondary N) is 1. The summed E-state index contributed by atoms with van der Waals surface area (Å²) in [5.74, 6) is 0. The van der Waals surface area contributed by atoms with Gasteiger partial charge < -0.3 is 10.1 Å². The molecular formula is C17H22N2O2S. The lowest BCUT2D eigenvalue weighted by molar-refractivity contribution is 0.144. The zero-order valence-corrected chi connectivity index (χ0v) is 13.9. The molecule has 0 saturated carbocycles. The number of rotatable bonds is 7. The third-order valence-electron chi connectivity index (χ3n) is 3.28. The number of hydrogen-bond donors (Lipinski definition) is 1. The Morgan fingerprint density at radius 2 is 2.09 bits per heavy atom. The number of ether oxygens (including phenoxy) is 1. The maximum atomic E-state index is 11.4. The van der Waals surface area contributed by atoms with E-state index in [-0.39, 0.29) is 6.09 Å². The number of aryl methyl sites for hydroxylation is 1. The number of nitrogens with zero attached hydrogens (tertiary/aromatic N) is 1. The summed E-state index contributed by atoms with van der Waals surface area (Å²) in [5, 5.41) is 5.91. The lowest BCUT2D eigenvalue weighted by Gasteiger charge is -2.07. The number of benzene rings is 1. The summed E-state index contributed by atoms with van der Waals surface area (Å²) in [7, 11) is 0. The third-order valence-corrected chi connectivity index (χ3v) is 4.06. The molecule has 1 aromatic carbocycles. The Morgan fingerprint density at radius 1 is 1.32 bits per heavy atom. The molecule has 0 atom stereocenters. The Morgan fingerprint density at radius 3 is 2.73 bits per heavy atom. The van der Waals surface area contributed by atoms with Crippen molar-refractivity contribution in [3.63, 3.8) is 0 Å². The molecule has 1 aromatic heterocycles. The summed E-state index contributed by atoms with van der Waals surface area (Å²) >= 11 is 1.66. The maximum Gasteiger partial charge on any atom is 0.407 e. The molecule has 118 valence electrons. The van der Waals surface area contributed by atoms with Gasteiger partial charge in [-0.1, -0.05) is 37.6 Å². The normalized spacial score (nSPS) is 10.5. The molecule has 0 aliphatic rings. The number of hydrogen-bond acceptors (Lipinski definition) is 4. The van der Waals surface area contributed by atoms with Crippen molar-refractivity contribution in [2.45, 2.75) is 33.1 Å². The summed E-state index contributed by atoms with van der Waals surface area (Å²) in [4.78, 5) is 15.9. The lowest BCUT2D eigenvalue weighted by Crippen LogP contribution is -2.26. The second-order valence-corrected chi connectivity index (χ2v) is 6.18. The van der Waals surface area contributed by atoms with Gasteiger partial charge in [0.15, 0.2) is 0 Å². The van der Waals surface area contributed by atoms with Crippen LogP contribution in [0.5, 0.6) is 0 Å². The molecule has 0 unspecified atom stereocenters. The van der Waals surface area contributed by atoms with Gasteiger partial charge in [0.1, 0.15) is 0 Å². The third kappa shape index (κ3) is 5.15. The average Bonchev–Trinajstić information content (AvgIpc) is 2.95. The second-order valence-electron chi connectivity index (χ2n) is 5.11. The van der Waals surface area contributed by atoms with Gasteiger partial charge in [-0.15, -0.1) is 11.3 Å². The summed E-state index contributed by atoms with van der Waals surface area (Å²) in [6.45, 7) is 5.15. The molecule has 1 amide bonds. The predicted molar refractivity (Wildman–Crippen MR) is 90.2 cm³/mol. The van der Waals surface area contributed by atoms with E-state index in [2.05, 4.69) is 46.9 Å². The SMILES string of the molecule is CCCCOC(=O)NCCc1ccc(-c2csc(C)n2)cc1. The van der Waals surface area contributed by atoms with E-state index in [1.807, 2.05) is 6.92 Å². The van der Waals surface area contributed by atoms with Crippen LogP contribution in [0.3, 0.4) is 0 Å². The topological polar surface area (TPSA) is 51.2 Å². The van der Waals surface area contributed by atoms with E-state index < -0.39 is 0 Å². The van der Waals surface area contributed by atoms with Gasteiger partial charge in [0.05, 0.1) is 17.3 Å². The maximum absolute atomic E-state index is 11.4. The van der Waals surface area contributed by atoms with Crippen molar-refractivity contribution in [3.8, 4) is 11.3 Å². The minimum Gasteiger partial charge on any atom is -0.450 e. The van der Waals surface area contributed by atoms with Crippen molar-refractivity contribution >= 4 is 17.4 Å². The van der Waals surface area contributed by atoms with E-state index >= 15 is 0 Å². The quantitative estimate of drug-likeness (QED) is 0.779. The highest BCUT2D eigenvalue weighted by molar-refractivity contribution is 7.09. The lowest BCUT2D eigenvalue weighted by atomic mass is 10.1. The molecule has 0 fully saturated rings. The highest BCUT2D eigenvalue weighted by Gasteiger charge is 2.03. The number of carbonyl (C=O) groups is 1. The number of carbonyl (C=O) groups excluding carboxylic acids is 1. The Bertz CT molecular complexity index is 593. The number of amides is 1. The fraction of sp³-hybridized carbons (Fsp3) is 0.412. The molecule has 0 aliphatic heterocycles. The minimum atomic E-state index is -0.331. The van der Waals surface area contributed by atoms with Gasteiger partial charge in [0.2, 0.25) is 0 Å². The van der Waals surface area contributed by atoms with Crippen molar-refractivity contribution in [2.24, 2.45) is 0 Å². The van der Waals surface area contributed by atoms with E-state index in [0.29, 0.717) is 13.2 Å². The summed E-state index contributed by atoms with van der Waals surface area (Å²) < 4.78 is 5.04. The first-order valence-corrected chi connectivity index (χ1v) is 8.49. The van der Waals surface area contributed by atoms with Crippen molar-refractivity contribution in [3.05, 3.63) is 40.2 Å². The first-order chi connectivity index (χ1) is 10.7. The molecule has 0 bridgehead atoms. The van der Waals surface area contributed by atoms with E-state index in [1.165, 1.54) is 5.56 Å². The van der Waals surface area contributed by atoms with Gasteiger partial charge in [0.25, 0.3) is 0 Å². The van der Waals surface area contributed by atoms with Gasteiger partial charge in [-0.25, -0.2) is 9.78 Å². The molecule has 22 heavy (non-hydrogen) atoms. The first-order valence-electron chi connectivity index (χ1n) is 7.61. The standard InChI is InChI=1S/C17H22N2O2S/c1-3-4-11-21-17(20)18-10-9-14-5-7-15(8-6-14)16-12-22-13(2)19-16/h5-8,12H,3-4,9-11H2,1-2H3,(H,18,20). The van der Waals surface area contributed by atoms with Crippen LogP contribution in [0, 0.1) is 6.92 Å². The molecule has 0 saturated heterocycles. The fourth-order valence-corrected chi connectivity index (χ4v) is 2.63. The summed E-state index contributed by atoms with van der Waals surface area (Å²) in [6.07, 6.45) is 2.39. The van der Waals surface area contributed by atoms with Crippen molar-refractivity contribution in [1.82, 2.24) is 10.3 Å². The molecule has 2 rings (SSSR count). The molecule has 0 radical (unpaired) electrons. The molecule has 0 spiro atoms. The van der Waals surface area contributed by atoms with Crippen molar-refractivity contribution < 1.29 is 9.53 Å². The predicted octanol–water partition coefficient (Wildman–Crippen LogP) is 4.19. The van der Waals surface area contributed by atoms with E-state index in [4.69, 9.17) is 4.74 Å². The molecule has 2 aromatic rings. The highest BCUT2D eigenvalue weighted by atomic mass is 32.1. The zero-order chi connectivity index (χ0) is 15.8. The van der Waals surface area contributed by atoms with E-state index in [0.717, 1.165) is 35.5 Å². The van der Waals surface area contributed by atoms with Crippen LogP contribution in [0.4, 0.5) is 4.79 Å². The Balaban J connectivity index is 1.76. The number of alkyl carbamates (subject to hydrolysis) is 1. The molecule has 0 aliphatic carbocycles. The highest BCUT2D eigenvalue weighted by Crippen LogP contribution is 2.21. The molecule has 4 nitrogen and oxygen atoms in total. The molecular weight excluding hydrogens is 296 g/mol. The summed E-state index contributed by atoms with van der Waals surface area (Å²) in [6, 6.07) is 8.30.